The van der Waals surface area contributed by atoms with Crippen LogP contribution < -0.4 is 10.6 Å². The van der Waals surface area contributed by atoms with Crippen molar-refractivity contribution in [2.24, 2.45) is 0 Å². The number of carboxylic acid groups (broad SMARTS) is 2. The van der Waals surface area contributed by atoms with Crippen molar-refractivity contribution in [3.05, 3.63) is 103 Å². The third-order valence-corrected chi connectivity index (χ3v) is 6.75. The van der Waals surface area contributed by atoms with Crippen molar-refractivity contribution in [1.29, 1.82) is 0 Å². The van der Waals surface area contributed by atoms with Crippen LogP contribution >= 0.6 is 46.4 Å². The number of carbonyl (C=O) groups is 4. The minimum Gasteiger partial charge on any atom is -0.480 e. The molecule has 0 aliphatic carbocycles. The summed E-state index contributed by atoms with van der Waals surface area (Å²) in [5.74, 6) is -4.00. The van der Waals surface area contributed by atoms with Crippen molar-refractivity contribution in [2.45, 2.75) is 24.9 Å². The summed E-state index contributed by atoms with van der Waals surface area (Å²) in [4.78, 5) is 48.8. The lowest BCUT2D eigenvalue weighted by molar-refractivity contribution is -0.140. The van der Waals surface area contributed by atoms with E-state index in [4.69, 9.17) is 46.4 Å². The number of rotatable bonds is 10. The molecule has 198 valence electrons. The lowest BCUT2D eigenvalue weighted by Gasteiger charge is -2.17. The Morgan fingerprint density at radius 1 is 0.579 bits per heavy atom. The van der Waals surface area contributed by atoms with Crippen LogP contribution in [0, 0.1) is 0 Å². The number of hydrogen-bond donors (Lipinski definition) is 4. The van der Waals surface area contributed by atoms with E-state index in [0.29, 0.717) is 11.1 Å². The quantitative estimate of drug-likeness (QED) is 0.255. The second-order valence-electron chi connectivity index (χ2n) is 8.15. The van der Waals surface area contributed by atoms with Gasteiger partial charge < -0.3 is 20.8 Å². The van der Waals surface area contributed by atoms with E-state index in [1.54, 1.807) is 36.4 Å². The summed E-state index contributed by atoms with van der Waals surface area (Å²) in [5, 5.41) is 24.4. The Morgan fingerprint density at radius 3 is 1.13 bits per heavy atom. The van der Waals surface area contributed by atoms with E-state index >= 15 is 0 Å². The number of amides is 2. The van der Waals surface area contributed by atoms with Crippen molar-refractivity contribution < 1.29 is 29.4 Å². The highest BCUT2D eigenvalue weighted by molar-refractivity contribution is 6.40. The molecule has 2 atom stereocenters. The zero-order valence-corrected chi connectivity index (χ0v) is 22.4. The van der Waals surface area contributed by atoms with Crippen molar-refractivity contribution in [3.8, 4) is 0 Å². The molecule has 0 bridgehead atoms. The monoisotopic (exact) mass is 596 g/mol. The van der Waals surface area contributed by atoms with E-state index in [1.807, 2.05) is 0 Å². The molecule has 0 aliphatic heterocycles. The molecule has 0 radical (unpaired) electrons. The summed E-state index contributed by atoms with van der Waals surface area (Å²) >= 11 is 24.1. The van der Waals surface area contributed by atoms with Crippen LogP contribution in [0.4, 0.5) is 0 Å². The number of carbonyl (C=O) groups excluding carboxylic acids is 2. The van der Waals surface area contributed by atoms with Gasteiger partial charge in [0.05, 0.1) is 31.2 Å². The van der Waals surface area contributed by atoms with Gasteiger partial charge in [-0.2, -0.15) is 0 Å². The normalized spacial score (nSPS) is 12.3. The average molecular weight is 598 g/mol. The molecular weight excluding hydrogens is 578 g/mol. The van der Waals surface area contributed by atoms with Gasteiger partial charge in [0, 0.05) is 12.8 Å². The first-order valence-corrected chi connectivity index (χ1v) is 12.5. The van der Waals surface area contributed by atoms with Crippen LogP contribution in [0.2, 0.25) is 20.1 Å². The molecule has 0 fully saturated rings. The fourth-order valence-corrected chi connectivity index (χ4v) is 4.71. The molecule has 4 N–H and O–H groups in total. The lowest BCUT2D eigenvalue weighted by Crippen LogP contribution is -2.42. The Morgan fingerprint density at radius 2 is 0.868 bits per heavy atom. The molecule has 0 heterocycles. The fourth-order valence-electron chi connectivity index (χ4n) is 3.57. The lowest BCUT2D eigenvalue weighted by atomic mass is 10.0. The van der Waals surface area contributed by atoms with Crippen LogP contribution in [0.3, 0.4) is 0 Å². The van der Waals surface area contributed by atoms with Gasteiger partial charge in [-0.25, -0.2) is 9.59 Å². The van der Waals surface area contributed by atoms with Gasteiger partial charge in [0.2, 0.25) is 0 Å². The Labute approximate surface area is 237 Å². The SMILES string of the molecule is O=C(NC(Cc1ccc(CC(NC(=O)c2c(Cl)cccc2Cl)C(=O)O)cc1)C(=O)O)c1c(Cl)cccc1Cl. The molecule has 3 aromatic carbocycles. The first-order valence-electron chi connectivity index (χ1n) is 11.0. The Balaban J connectivity index is 1.69. The Hall–Kier alpha value is -3.30. The standard InChI is InChI=1S/C26H20Cl4N2O6/c27-15-3-1-4-16(28)21(15)23(33)31-19(25(35)36)11-13-7-9-14(10-8-13)12-20(26(37)38)32-24(34)22-17(29)5-2-6-18(22)30/h1-10,19-20H,11-12H2,(H,31,33)(H,32,34)(H,35,36)(H,37,38). The second-order valence-corrected chi connectivity index (χ2v) is 9.78. The molecule has 12 heteroatoms. The largest absolute Gasteiger partial charge is 0.480 e. The van der Waals surface area contributed by atoms with Gasteiger partial charge in [-0.1, -0.05) is 82.8 Å². The molecule has 0 aromatic heterocycles. The number of aliphatic carboxylic acids is 2. The van der Waals surface area contributed by atoms with Gasteiger partial charge in [0.25, 0.3) is 11.8 Å². The third kappa shape index (κ3) is 7.39. The predicted octanol–water partition coefficient (Wildman–Crippen LogP) is 5.15. The number of carboxylic acids is 2. The molecular formula is C26H20Cl4N2O6. The topological polar surface area (TPSA) is 133 Å². The first kappa shape index (κ1) is 29.3. The predicted molar refractivity (Wildman–Crippen MR) is 145 cm³/mol. The molecule has 0 spiro atoms. The molecule has 38 heavy (non-hydrogen) atoms. The zero-order chi connectivity index (χ0) is 28.0. The van der Waals surface area contributed by atoms with E-state index in [1.165, 1.54) is 24.3 Å². The van der Waals surface area contributed by atoms with Crippen LogP contribution in [-0.2, 0) is 22.4 Å². The van der Waals surface area contributed by atoms with Gasteiger partial charge >= 0.3 is 11.9 Å². The molecule has 2 unspecified atom stereocenters. The van der Waals surface area contributed by atoms with Gasteiger partial charge in [-0.3, -0.25) is 9.59 Å². The van der Waals surface area contributed by atoms with Crippen molar-refractivity contribution >= 4 is 70.2 Å². The summed E-state index contributed by atoms with van der Waals surface area (Å²) in [6.07, 6.45) is -0.124. The van der Waals surface area contributed by atoms with Crippen LogP contribution in [0.15, 0.2) is 60.7 Å². The van der Waals surface area contributed by atoms with Gasteiger partial charge in [-0.15, -0.1) is 0 Å². The smallest absolute Gasteiger partial charge is 0.326 e. The van der Waals surface area contributed by atoms with Crippen molar-refractivity contribution in [3.63, 3.8) is 0 Å². The first-order chi connectivity index (χ1) is 18.0. The third-order valence-electron chi connectivity index (χ3n) is 5.49. The van der Waals surface area contributed by atoms with Crippen LogP contribution in [0.25, 0.3) is 0 Å². The molecule has 3 aromatic rings. The van der Waals surface area contributed by atoms with E-state index < -0.39 is 35.8 Å². The summed E-state index contributed by atoms with van der Waals surface area (Å²) in [7, 11) is 0. The van der Waals surface area contributed by atoms with Crippen molar-refractivity contribution in [2.75, 3.05) is 0 Å². The molecule has 3 rings (SSSR count). The summed E-state index contributed by atoms with van der Waals surface area (Å²) in [5.41, 5.74) is 1.06. The van der Waals surface area contributed by atoms with Crippen LogP contribution in [0.1, 0.15) is 31.8 Å². The van der Waals surface area contributed by atoms with Gasteiger partial charge in [0.1, 0.15) is 12.1 Å². The Kier molecular flexibility index (Phi) is 9.99. The second kappa shape index (κ2) is 13.0. The van der Waals surface area contributed by atoms with Crippen molar-refractivity contribution in [1.82, 2.24) is 10.6 Å². The highest BCUT2D eigenvalue weighted by atomic mass is 35.5. The van der Waals surface area contributed by atoms with Crippen LogP contribution in [0.5, 0.6) is 0 Å². The molecule has 0 saturated carbocycles. The molecule has 8 nitrogen and oxygen atoms in total. The molecule has 0 aliphatic rings. The average Bonchev–Trinajstić information content (AvgIpc) is 2.84. The van der Waals surface area contributed by atoms with Crippen LogP contribution in [-0.4, -0.2) is 46.0 Å². The van der Waals surface area contributed by atoms with Gasteiger partial charge in [0.15, 0.2) is 0 Å². The van der Waals surface area contributed by atoms with Gasteiger partial charge in [-0.05, 0) is 35.4 Å². The molecule has 2 amide bonds. The number of nitrogens with one attached hydrogen (secondary N) is 2. The minimum absolute atomic E-state index is 0.0303. The summed E-state index contributed by atoms with van der Waals surface area (Å²) in [6.45, 7) is 0. The fraction of sp³-hybridized carbons (Fsp3) is 0.154. The maximum absolute atomic E-state index is 12.6. The zero-order valence-electron chi connectivity index (χ0n) is 19.4. The number of halogens is 4. The number of benzene rings is 3. The van der Waals surface area contributed by atoms with E-state index in [2.05, 4.69) is 10.6 Å². The highest BCUT2D eigenvalue weighted by Crippen LogP contribution is 2.25. The van der Waals surface area contributed by atoms with E-state index in [9.17, 15) is 29.4 Å². The van der Waals surface area contributed by atoms with E-state index in [-0.39, 0.29) is 44.1 Å². The minimum atomic E-state index is -1.29. The maximum atomic E-state index is 12.6. The maximum Gasteiger partial charge on any atom is 0.326 e. The Bertz CT molecular complexity index is 1240. The molecule has 0 saturated heterocycles. The summed E-state index contributed by atoms with van der Waals surface area (Å²) < 4.78 is 0. The number of hydrogen-bond acceptors (Lipinski definition) is 4. The van der Waals surface area contributed by atoms with E-state index in [0.717, 1.165) is 0 Å². The highest BCUT2D eigenvalue weighted by Gasteiger charge is 2.25. The summed E-state index contributed by atoms with van der Waals surface area (Å²) in [6, 6.07) is 12.8.